The molecule has 1 rings (SSSR count). The lowest BCUT2D eigenvalue weighted by Crippen LogP contribution is -2.40. The number of allylic oxidation sites excluding steroid dienone is 1. The summed E-state index contributed by atoms with van der Waals surface area (Å²) in [5.74, 6) is 0.361. The molecule has 0 aromatic heterocycles. The van der Waals surface area contributed by atoms with Crippen molar-refractivity contribution in [1.29, 1.82) is 0 Å². The number of hydrogen-bond donors (Lipinski definition) is 0. The highest BCUT2D eigenvalue weighted by Crippen LogP contribution is 2.30. The van der Waals surface area contributed by atoms with Crippen LogP contribution in [-0.4, -0.2) is 61.6 Å². The summed E-state index contributed by atoms with van der Waals surface area (Å²) >= 11 is 0. The van der Waals surface area contributed by atoms with Crippen molar-refractivity contribution in [2.45, 2.75) is 199 Å². The molecule has 0 aromatic rings. The third kappa shape index (κ3) is 16.4. The van der Waals surface area contributed by atoms with E-state index in [1.807, 2.05) is 6.08 Å². The van der Waals surface area contributed by atoms with Crippen LogP contribution in [0.2, 0.25) is 54.4 Å². The van der Waals surface area contributed by atoms with Crippen LogP contribution >= 0.6 is 0 Å². The molecule has 1 aliphatic rings. The molecule has 284 valence electrons. The molecule has 0 radical (unpaired) electrons. The first-order valence-electron chi connectivity index (χ1n) is 20.2. The molecule has 5 atom stereocenters. The maximum Gasteiger partial charge on any atom is 0.306 e. The summed E-state index contributed by atoms with van der Waals surface area (Å²) in [7, 11) is -5.46. The van der Waals surface area contributed by atoms with Gasteiger partial charge in [-0.3, -0.25) is 9.59 Å². The van der Waals surface area contributed by atoms with E-state index in [4.69, 9.17) is 18.0 Å². The monoisotopic (exact) mass is 736 g/mol. The number of carbonyl (C=O) groups is 2. The number of hydrogen-bond acceptors (Lipinski definition) is 6. The van der Waals surface area contributed by atoms with Gasteiger partial charge in [-0.25, -0.2) is 0 Å². The molecule has 0 N–H and O–H groups in total. The standard InChI is InChI=1S/C40H76O6Si3/c1-11-47(12-2,13-3)44-36(25-20-21-32-41)26-22-27-37(45-48(14-4,15-5)16-6)28-23-29-38(46-49(17-7,18-8)19-9)30-24-31-39-33-35(10)34-40(42)43-39/h20-23,26,28,32,35-39H,11-19,24-25,27,29-31,33-34H2,1-10H3/b21-20+,26-22+,28-23+/t35-,36-,37-,38-,39-/m0/s1. The van der Waals surface area contributed by atoms with Gasteiger partial charge in [0.05, 0.1) is 12.2 Å². The molecule has 0 aliphatic carbocycles. The van der Waals surface area contributed by atoms with Gasteiger partial charge in [0.2, 0.25) is 0 Å². The van der Waals surface area contributed by atoms with Crippen LogP contribution in [0.25, 0.3) is 0 Å². The van der Waals surface area contributed by atoms with Gasteiger partial charge < -0.3 is 18.0 Å². The van der Waals surface area contributed by atoms with Gasteiger partial charge in [0.15, 0.2) is 25.0 Å². The Morgan fingerprint density at radius 3 is 1.59 bits per heavy atom. The van der Waals surface area contributed by atoms with Gasteiger partial charge in [0.1, 0.15) is 12.4 Å². The van der Waals surface area contributed by atoms with E-state index in [1.165, 1.54) is 0 Å². The second-order valence-electron chi connectivity index (χ2n) is 14.5. The Kier molecular flexibility index (Phi) is 23.4. The maximum absolute atomic E-state index is 12.0. The minimum Gasteiger partial charge on any atom is -0.462 e. The van der Waals surface area contributed by atoms with Crippen LogP contribution in [0.15, 0.2) is 36.5 Å². The van der Waals surface area contributed by atoms with Gasteiger partial charge in [0.25, 0.3) is 0 Å². The first-order valence-corrected chi connectivity index (χ1v) is 27.8. The lowest BCUT2D eigenvalue weighted by atomic mass is 9.94. The van der Waals surface area contributed by atoms with Gasteiger partial charge in [-0.1, -0.05) is 99.6 Å². The Bertz CT molecular complexity index is 962. The zero-order valence-corrected chi connectivity index (χ0v) is 36.4. The van der Waals surface area contributed by atoms with Crippen LogP contribution in [-0.2, 0) is 27.6 Å². The highest BCUT2D eigenvalue weighted by Gasteiger charge is 2.34. The van der Waals surface area contributed by atoms with Crippen LogP contribution < -0.4 is 0 Å². The fourth-order valence-corrected chi connectivity index (χ4v) is 16.0. The molecule has 49 heavy (non-hydrogen) atoms. The lowest BCUT2D eigenvalue weighted by molar-refractivity contribution is -0.156. The first-order chi connectivity index (χ1) is 23.5. The van der Waals surface area contributed by atoms with Gasteiger partial charge >= 0.3 is 5.97 Å². The van der Waals surface area contributed by atoms with Crippen molar-refractivity contribution in [1.82, 2.24) is 0 Å². The van der Waals surface area contributed by atoms with Crippen molar-refractivity contribution < 1.29 is 27.6 Å². The number of ether oxygens (including phenoxy) is 1. The van der Waals surface area contributed by atoms with E-state index in [0.29, 0.717) is 18.8 Å². The van der Waals surface area contributed by atoms with E-state index in [9.17, 15) is 9.59 Å². The lowest BCUT2D eigenvalue weighted by Gasteiger charge is -2.34. The maximum atomic E-state index is 12.0. The zero-order valence-electron chi connectivity index (χ0n) is 33.4. The van der Waals surface area contributed by atoms with E-state index < -0.39 is 25.0 Å². The van der Waals surface area contributed by atoms with Gasteiger partial charge in [0, 0.05) is 12.5 Å². The third-order valence-electron chi connectivity index (χ3n) is 11.6. The summed E-state index contributed by atoms with van der Waals surface area (Å²) in [5, 5.41) is 0. The van der Waals surface area contributed by atoms with Crippen molar-refractivity contribution in [2.75, 3.05) is 0 Å². The number of rotatable bonds is 28. The second-order valence-corrected chi connectivity index (χ2v) is 28.7. The third-order valence-corrected chi connectivity index (χ3v) is 25.6. The Hall–Kier alpha value is -1.11. The molecule has 0 unspecified atom stereocenters. The molecule has 0 spiro atoms. The number of esters is 1. The largest absolute Gasteiger partial charge is 0.462 e. The molecule has 0 amide bonds. The molecular weight excluding hydrogens is 661 g/mol. The van der Waals surface area contributed by atoms with Crippen LogP contribution in [0, 0.1) is 5.92 Å². The van der Waals surface area contributed by atoms with E-state index >= 15 is 0 Å². The Labute approximate surface area is 305 Å². The average Bonchev–Trinajstić information content (AvgIpc) is 3.11. The molecule has 6 nitrogen and oxygen atoms in total. The van der Waals surface area contributed by atoms with Crippen LogP contribution in [0.4, 0.5) is 0 Å². The van der Waals surface area contributed by atoms with Gasteiger partial charge in [-0.05, 0) is 111 Å². The summed E-state index contributed by atoms with van der Waals surface area (Å²) in [6.45, 7) is 22.7. The van der Waals surface area contributed by atoms with E-state index in [1.54, 1.807) is 6.08 Å². The number of aldehydes is 1. The highest BCUT2D eigenvalue weighted by atomic mass is 28.4. The summed E-state index contributed by atoms with van der Waals surface area (Å²) in [6.07, 6.45) is 20.5. The summed E-state index contributed by atoms with van der Waals surface area (Å²) < 4.78 is 26.7. The number of carbonyl (C=O) groups excluding carboxylic acids is 2. The van der Waals surface area contributed by atoms with Crippen molar-refractivity contribution in [3.63, 3.8) is 0 Å². The van der Waals surface area contributed by atoms with Crippen LogP contribution in [0.5, 0.6) is 0 Å². The van der Waals surface area contributed by atoms with E-state index in [2.05, 4.69) is 93.5 Å². The second kappa shape index (κ2) is 25.0. The fraction of sp³-hybridized carbons (Fsp3) is 0.800. The smallest absolute Gasteiger partial charge is 0.306 e. The normalized spacial score (nSPS) is 19.9. The molecule has 0 aromatic carbocycles. The summed E-state index contributed by atoms with van der Waals surface area (Å²) in [4.78, 5) is 23.1. The number of cyclic esters (lactones) is 1. The van der Waals surface area contributed by atoms with Crippen LogP contribution in [0.1, 0.15) is 121 Å². The topological polar surface area (TPSA) is 71.1 Å². The minimum absolute atomic E-state index is 0.00813. The molecule has 1 saturated heterocycles. The van der Waals surface area contributed by atoms with Gasteiger partial charge in [-0.2, -0.15) is 0 Å². The highest BCUT2D eigenvalue weighted by molar-refractivity contribution is 6.74. The molecule has 1 heterocycles. The van der Waals surface area contributed by atoms with Crippen molar-refractivity contribution >= 4 is 37.2 Å². The SMILES string of the molecule is CC[Si](CC)(CC)O[C@@H](C/C=C/[C@H](C/C=C/[C@H](C/C=C/C=O)O[Si](CC)(CC)CC)O[Si](CC)(CC)CC)CCC[C@H]1C[C@H](C)CC(=O)O1. The van der Waals surface area contributed by atoms with Crippen molar-refractivity contribution in [2.24, 2.45) is 5.92 Å². The Balaban J connectivity index is 3.22. The van der Waals surface area contributed by atoms with E-state index in [-0.39, 0.29) is 30.4 Å². The van der Waals surface area contributed by atoms with Gasteiger partial charge in [-0.15, -0.1) is 0 Å². The fourth-order valence-electron chi connectivity index (χ4n) is 7.42. The predicted octanol–water partition coefficient (Wildman–Crippen LogP) is 11.7. The summed E-state index contributed by atoms with van der Waals surface area (Å²) in [6, 6.07) is 10.0. The molecule has 0 bridgehead atoms. The van der Waals surface area contributed by atoms with Crippen molar-refractivity contribution in [3.8, 4) is 0 Å². The Morgan fingerprint density at radius 1 is 0.694 bits per heavy atom. The quantitative estimate of drug-likeness (QED) is 0.0262. The zero-order chi connectivity index (χ0) is 36.8. The minimum atomic E-state index is -1.85. The Morgan fingerprint density at radius 2 is 1.14 bits per heavy atom. The van der Waals surface area contributed by atoms with E-state index in [0.717, 1.165) is 99.2 Å². The molecule has 1 aliphatic heterocycles. The average molecular weight is 737 g/mol. The molecule has 0 saturated carbocycles. The molecule has 1 fully saturated rings. The predicted molar refractivity (Wildman–Crippen MR) is 216 cm³/mol. The molecular formula is C40H76O6Si3. The summed E-state index contributed by atoms with van der Waals surface area (Å²) in [5.41, 5.74) is 0. The van der Waals surface area contributed by atoms with Crippen LogP contribution in [0.3, 0.4) is 0 Å². The first kappa shape index (κ1) is 45.9. The van der Waals surface area contributed by atoms with Crippen molar-refractivity contribution in [3.05, 3.63) is 36.5 Å². The molecule has 9 heteroatoms.